The van der Waals surface area contributed by atoms with E-state index in [1.165, 1.54) is 11.3 Å². The topological polar surface area (TPSA) is 65.2 Å². The summed E-state index contributed by atoms with van der Waals surface area (Å²) < 4.78 is 5.16. The standard InChI is InChI=1S/C12H12N2O2S/c1-8-2-9(4-10(13)3-8)12(15)16-6-11-5-14-7-17-11/h2-5,7H,6,13H2,1H3. The fourth-order valence-corrected chi connectivity index (χ4v) is 1.97. The summed E-state index contributed by atoms with van der Waals surface area (Å²) in [4.78, 5) is 16.6. The average Bonchev–Trinajstić information content (AvgIpc) is 2.77. The molecule has 0 amide bonds. The molecule has 1 aromatic heterocycles. The molecular formula is C12H12N2O2S. The number of aryl methyl sites for hydroxylation is 1. The molecule has 0 saturated heterocycles. The number of nitrogen functional groups attached to an aromatic ring is 1. The third-order valence-corrected chi connectivity index (χ3v) is 2.92. The Morgan fingerprint density at radius 1 is 1.47 bits per heavy atom. The minimum absolute atomic E-state index is 0.247. The van der Waals surface area contributed by atoms with Crippen molar-refractivity contribution in [2.45, 2.75) is 13.5 Å². The van der Waals surface area contributed by atoms with Crippen LogP contribution in [0.1, 0.15) is 20.8 Å². The highest BCUT2D eigenvalue weighted by Crippen LogP contribution is 2.14. The van der Waals surface area contributed by atoms with Crippen molar-refractivity contribution in [3.05, 3.63) is 45.9 Å². The van der Waals surface area contributed by atoms with Crippen molar-refractivity contribution in [3.8, 4) is 0 Å². The maximum atomic E-state index is 11.8. The Kier molecular flexibility index (Phi) is 3.39. The highest BCUT2D eigenvalue weighted by Gasteiger charge is 2.09. The van der Waals surface area contributed by atoms with E-state index in [0.29, 0.717) is 11.3 Å². The number of nitrogens with zero attached hydrogens (tertiary/aromatic N) is 1. The maximum absolute atomic E-state index is 11.8. The van der Waals surface area contributed by atoms with Gasteiger partial charge in [-0.15, -0.1) is 11.3 Å². The molecule has 1 heterocycles. The van der Waals surface area contributed by atoms with Gasteiger partial charge < -0.3 is 10.5 Å². The van der Waals surface area contributed by atoms with Gasteiger partial charge in [0.1, 0.15) is 6.61 Å². The van der Waals surface area contributed by atoms with Crippen LogP contribution in [0.5, 0.6) is 0 Å². The van der Waals surface area contributed by atoms with Crippen LogP contribution in [0.3, 0.4) is 0 Å². The molecule has 2 N–H and O–H groups in total. The minimum Gasteiger partial charge on any atom is -0.456 e. The molecule has 1 aromatic carbocycles. The summed E-state index contributed by atoms with van der Waals surface area (Å²) in [5.41, 5.74) is 9.36. The smallest absolute Gasteiger partial charge is 0.338 e. The van der Waals surface area contributed by atoms with Gasteiger partial charge in [0, 0.05) is 11.9 Å². The van der Waals surface area contributed by atoms with Crippen LogP contribution in [0.25, 0.3) is 0 Å². The van der Waals surface area contributed by atoms with Crippen molar-refractivity contribution in [3.63, 3.8) is 0 Å². The van der Waals surface area contributed by atoms with Gasteiger partial charge in [0.15, 0.2) is 0 Å². The van der Waals surface area contributed by atoms with Crippen LogP contribution in [0.15, 0.2) is 29.9 Å². The highest BCUT2D eigenvalue weighted by atomic mass is 32.1. The zero-order valence-electron chi connectivity index (χ0n) is 9.34. The van der Waals surface area contributed by atoms with Crippen LogP contribution in [0.2, 0.25) is 0 Å². The number of aromatic nitrogens is 1. The second-order valence-electron chi connectivity index (χ2n) is 3.68. The summed E-state index contributed by atoms with van der Waals surface area (Å²) in [5, 5.41) is 0. The van der Waals surface area contributed by atoms with Crippen molar-refractivity contribution in [1.82, 2.24) is 4.98 Å². The molecule has 0 spiro atoms. The summed E-state index contributed by atoms with van der Waals surface area (Å²) in [6, 6.07) is 5.17. The number of carbonyl (C=O) groups excluding carboxylic acids is 1. The lowest BCUT2D eigenvalue weighted by molar-refractivity contribution is 0.0476. The number of esters is 1. The lowest BCUT2D eigenvalue weighted by atomic mass is 10.1. The molecule has 0 fully saturated rings. The minimum atomic E-state index is -0.367. The lowest BCUT2D eigenvalue weighted by Crippen LogP contribution is -2.05. The number of rotatable bonds is 3. The zero-order valence-corrected chi connectivity index (χ0v) is 10.2. The molecule has 0 aliphatic carbocycles. The number of hydrogen-bond acceptors (Lipinski definition) is 5. The first kappa shape index (κ1) is 11.6. The molecule has 0 atom stereocenters. The molecule has 17 heavy (non-hydrogen) atoms. The number of benzene rings is 1. The van der Waals surface area contributed by atoms with Crippen LogP contribution >= 0.6 is 11.3 Å². The van der Waals surface area contributed by atoms with Gasteiger partial charge in [-0.1, -0.05) is 0 Å². The summed E-state index contributed by atoms with van der Waals surface area (Å²) >= 11 is 1.45. The lowest BCUT2D eigenvalue weighted by Gasteiger charge is -2.05. The van der Waals surface area contributed by atoms with Gasteiger partial charge in [0.2, 0.25) is 0 Å². The first-order valence-electron chi connectivity index (χ1n) is 5.07. The van der Waals surface area contributed by atoms with Crippen LogP contribution in [-0.2, 0) is 11.3 Å². The average molecular weight is 248 g/mol. The van der Waals surface area contributed by atoms with Crippen LogP contribution < -0.4 is 5.73 Å². The van der Waals surface area contributed by atoms with E-state index in [1.807, 2.05) is 6.92 Å². The third-order valence-electron chi connectivity index (χ3n) is 2.16. The van der Waals surface area contributed by atoms with Gasteiger partial charge in [-0.3, -0.25) is 4.98 Å². The molecule has 5 heteroatoms. The Balaban J connectivity index is 2.04. The second kappa shape index (κ2) is 4.97. The predicted octanol–water partition coefficient (Wildman–Crippen LogP) is 2.39. The molecular weight excluding hydrogens is 236 g/mol. The second-order valence-corrected chi connectivity index (χ2v) is 4.65. The Morgan fingerprint density at radius 3 is 2.94 bits per heavy atom. The van der Waals surface area contributed by atoms with Gasteiger partial charge in [-0.05, 0) is 30.7 Å². The molecule has 2 aromatic rings. The van der Waals surface area contributed by atoms with Crippen LogP contribution in [-0.4, -0.2) is 11.0 Å². The zero-order chi connectivity index (χ0) is 12.3. The number of ether oxygens (including phenoxy) is 1. The first-order chi connectivity index (χ1) is 8.15. The Bertz CT molecular complexity index is 503. The van der Waals surface area contributed by atoms with Gasteiger partial charge in [-0.2, -0.15) is 0 Å². The van der Waals surface area contributed by atoms with E-state index in [9.17, 15) is 4.79 Å². The molecule has 0 saturated carbocycles. The molecule has 0 bridgehead atoms. The van der Waals surface area contributed by atoms with E-state index < -0.39 is 0 Å². The molecule has 0 radical (unpaired) electrons. The third kappa shape index (κ3) is 3.04. The van der Waals surface area contributed by atoms with Crippen molar-refractivity contribution >= 4 is 23.0 Å². The van der Waals surface area contributed by atoms with Crippen LogP contribution in [0, 0.1) is 6.92 Å². The number of nitrogens with two attached hydrogens (primary N) is 1. The van der Waals surface area contributed by atoms with Crippen molar-refractivity contribution in [2.24, 2.45) is 0 Å². The molecule has 88 valence electrons. The summed E-state index contributed by atoms with van der Waals surface area (Å²) in [6.07, 6.45) is 1.68. The number of anilines is 1. The molecule has 0 aliphatic heterocycles. The van der Waals surface area contributed by atoms with Crippen molar-refractivity contribution < 1.29 is 9.53 Å². The monoisotopic (exact) mass is 248 g/mol. The largest absolute Gasteiger partial charge is 0.456 e. The van der Waals surface area contributed by atoms with Gasteiger partial charge in [-0.25, -0.2) is 4.79 Å². The van der Waals surface area contributed by atoms with E-state index in [1.54, 1.807) is 29.9 Å². The fraction of sp³-hybridized carbons (Fsp3) is 0.167. The van der Waals surface area contributed by atoms with Gasteiger partial charge >= 0.3 is 5.97 Å². The van der Waals surface area contributed by atoms with E-state index in [2.05, 4.69) is 4.98 Å². The van der Waals surface area contributed by atoms with Crippen LogP contribution in [0.4, 0.5) is 5.69 Å². The quantitative estimate of drug-likeness (QED) is 0.669. The summed E-state index contributed by atoms with van der Waals surface area (Å²) in [7, 11) is 0. The van der Waals surface area contributed by atoms with Crippen molar-refractivity contribution in [2.75, 3.05) is 5.73 Å². The summed E-state index contributed by atoms with van der Waals surface area (Å²) in [6.45, 7) is 2.13. The Morgan fingerprint density at radius 2 is 2.29 bits per heavy atom. The normalized spacial score (nSPS) is 10.2. The predicted molar refractivity (Wildman–Crippen MR) is 66.8 cm³/mol. The number of hydrogen-bond donors (Lipinski definition) is 1. The summed E-state index contributed by atoms with van der Waals surface area (Å²) in [5.74, 6) is -0.367. The van der Waals surface area contributed by atoms with E-state index in [0.717, 1.165) is 10.4 Å². The molecule has 2 rings (SSSR count). The maximum Gasteiger partial charge on any atom is 0.338 e. The van der Waals surface area contributed by atoms with E-state index in [4.69, 9.17) is 10.5 Å². The Labute approximate surface area is 103 Å². The molecule has 4 nitrogen and oxygen atoms in total. The van der Waals surface area contributed by atoms with E-state index >= 15 is 0 Å². The molecule has 0 unspecified atom stereocenters. The SMILES string of the molecule is Cc1cc(N)cc(C(=O)OCc2cncs2)c1. The molecule has 0 aliphatic rings. The van der Waals surface area contributed by atoms with Gasteiger partial charge in [0.25, 0.3) is 0 Å². The fourth-order valence-electron chi connectivity index (χ4n) is 1.46. The first-order valence-corrected chi connectivity index (χ1v) is 5.95. The highest BCUT2D eigenvalue weighted by molar-refractivity contribution is 7.09. The number of carbonyl (C=O) groups is 1. The Hall–Kier alpha value is -1.88. The van der Waals surface area contributed by atoms with Gasteiger partial charge in [0.05, 0.1) is 16.0 Å². The van der Waals surface area contributed by atoms with Crippen molar-refractivity contribution in [1.29, 1.82) is 0 Å². The number of thiazole rings is 1. The van der Waals surface area contributed by atoms with E-state index in [-0.39, 0.29) is 12.6 Å².